The Morgan fingerprint density at radius 1 is 0.960 bits per heavy atom. The molecule has 0 saturated heterocycles. The van der Waals surface area contributed by atoms with Crippen LogP contribution in [0, 0.1) is 20.8 Å². The Bertz CT molecular complexity index is 960. The molecular weight excluding hydrogens is 332 g/mol. The number of carbonyl (C=O) groups excluding carboxylic acids is 2. The van der Waals surface area contributed by atoms with Crippen molar-refractivity contribution in [3.63, 3.8) is 0 Å². The van der Waals surface area contributed by atoms with Gasteiger partial charge in [0.15, 0.2) is 10.9 Å². The van der Waals surface area contributed by atoms with Crippen molar-refractivity contribution in [2.75, 3.05) is 5.32 Å². The Morgan fingerprint density at radius 3 is 2.32 bits per heavy atom. The molecule has 3 rings (SSSR count). The monoisotopic (exact) mass is 350 g/mol. The van der Waals surface area contributed by atoms with Gasteiger partial charge in [-0.05, 0) is 44.0 Å². The first-order valence-corrected chi connectivity index (χ1v) is 8.78. The topological polar surface area (TPSA) is 59.1 Å². The first-order valence-electron chi connectivity index (χ1n) is 7.90. The maximum absolute atomic E-state index is 12.9. The summed E-state index contributed by atoms with van der Waals surface area (Å²) in [5, 5.41) is 5.15. The number of ketones is 1. The van der Waals surface area contributed by atoms with Crippen molar-refractivity contribution in [3.05, 3.63) is 81.4 Å². The van der Waals surface area contributed by atoms with Gasteiger partial charge in [0.1, 0.15) is 0 Å². The molecule has 0 atom stereocenters. The lowest BCUT2D eigenvalue weighted by Gasteiger charge is -2.09. The maximum atomic E-state index is 12.9. The van der Waals surface area contributed by atoms with Gasteiger partial charge in [0.05, 0.1) is 11.3 Å². The number of nitrogens with one attached hydrogen (secondary N) is 1. The van der Waals surface area contributed by atoms with E-state index in [0.29, 0.717) is 21.8 Å². The van der Waals surface area contributed by atoms with Gasteiger partial charge in [-0.2, -0.15) is 0 Å². The second-order valence-electron chi connectivity index (χ2n) is 5.92. The van der Waals surface area contributed by atoms with E-state index in [9.17, 15) is 9.59 Å². The summed E-state index contributed by atoms with van der Waals surface area (Å²) in [6.07, 6.45) is 0. The molecule has 0 unspecified atom stereocenters. The van der Waals surface area contributed by atoms with E-state index in [1.165, 1.54) is 11.3 Å². The highest BCUT2D eigenvalue weighted by Crippen LogP contribution is 2.20. The number of anilines is 1. The minimum absolute atomic E-state index is 0.163. The molecule has 0 radical (unpaired) electrons. The van der Waals surface area contributed by atoms with E-state index in [1.807, 2.05) is 38.3 Å². The molecule has 0 bridgehead atoms. The number of rotatable bonds is 4. The number of nitrogens with zero attached hydrogens (tertiary/aromatic N) is 1. The molecule has 1 amide bonds. The zero-order valence-corrected chi connectivity index (χ0v) is 15.1. The van der Waals surface area contributed by atoms with Crippen LogP contribution in [0.4, 0.5) is 5.13 Å². The zero-order valence-electron chi connectivity index (χ0n) is 14.3. The summed E-state index contributed by atoms with van der Waals surface area (Å²) in [5.74, 6) is -0.494. The third kappa shape index (κ3) is 3.67. The summed E-state index contributed by atoms with van der Waals surface area (Å²) in [4.78, 5) is 29.7. The maximum Gasteiger partial charge on any atom is 0.258 e. The lowest BCUT2D eigenvalue weighted by Crippen LogP contribution is -2.17. The number of amides is 1. The summed E-state index contributed by atoms with van der Waals surface area (Å²) < 4.78 is 0. The first kappa shape index (κ1) is 17.0. The molecule has 1 N–H and O–H groups in total. The molecular formula is C20H18N2O2S. The van der Waals surface area contributed by atoms with Crippen LogP contribution in [0.3, 0.4) is 0 Å². The normalized spacial score (nSPS) is 10.5. The molecule has 0 spiro atoms. The largest absolute Gasteiger partial charge is 0.298 e. The molecule has 0 aliphatic carbocycles. The number of aryl methyl sites for hydroxylation is 3. The molecule has 1 aromatic heterocycles. The highest BCUT2D eigenvalue weighted by molar-refractivity contribution is 7.13. The lowest BCUT2D eigenvalue weighted by molar-refractivity contribution is 0.0996. The van der Waals surface area contributed by atoms with Crippen LogP contribution in [0.25, 0.3) is 0 Å². The number of benzene rings is 2. The van der Waals surface area contributed by atoms with E-state index in [0.717, 1.165) is 16.8 Å². The highest BCUT2D eigenvalue weighted by atomic mass is 32.1. The number of hydrogen-bond donors (Lipinski definition) is 1. The van der Waals surface area contributed by atoms with Crippen molar-refractivity contribution in [1.29, 1.82) is 0 Å². The van der Waals surface area contributed by atoms with Gasteiger partial charge in [0.2, 0.25) is 0 Å². The summed E-state index contributed by atoms with van der Waals surface area (Å²) in [6, 6.07) is 12.4. The van der Waals surface area contributed by atoms with Gasteiger partial charge in [0, 0.05) is 16.5 Å². The van der Waals surface area contributed by atoms with Crippen LogP contribution in [-0.2, 0) is 0 Å². The third-order valence-corrected chi connectivity index (χ3v) is 4.90. The Morgan fingerprint density at radius 2 is 1.68 bits per heavy atom. The summed E-state index contributed by atoms with van der Waals surface area (Å²) >= 11 is 1.36. The molecule has 0 aliphatic rings. The van der Waals surface area contributed by atoms with Crippen LogP contribution >= 0.6 is 11.3 Å². The Hall–Kier alpha value is -2.79. The molecule has 0 fully saturated rings. The van der Waals surface area contributed by atoms with Crippen LogP contribution in [0.15, 0.2) is 47.8 Å². The van der Waals surface area contributed by atoms with Gasteiger partial charge in [-0.1, -0.05) is 30.3 Å². The van der Waals surface area contributed by atoms with Crippen molar-refractivity contribution in [2.45, 2.75) is 20.8 Å². The predicted molar refractivity (Wildman–Crippen MR) is 101 cm³/mol. The van der Waals surface area contributed by atoms with Gasteiger partial charge in [0.25, 0.3) is 5.91 Å². The summed E-state index contributed by atoms with van der Waals surface area (Å²) in [6.45, 7) is 5.83. The molecule has 126 valence electrons. The van der Waals surface area contributed by atoms with Gasteiger partial charge in [-0.3, -0.25) is 14.9 Å². The second-order valence-corrected chi connectivity index (χ2v) is 6.78. The standard InChI is InChI=1S/C20H18N2O2S/c1-12-8-9-15(10-13(12)2)18(23)16-6-4-5-7-17(16)19(24)22-20-21-14(3)11-25-20/h4-11H,1-3H3,(H,21,22,24). The van der Waals surface area contributed by atoms with Crippen molar-refractivity contribution in [2.24, 2.45) is 0 Å². The summed E-state index contributed by atoms with van der Waals surface area (Å²) in [5.41, 5.74) is 4.33. The SMILES string of the molecule is Cc1csc(NC(=O)c2ccccc2C(=O)c2ccc(C)c(C)c2)n1. The molecule has 3 aromatic rings. The molecule has 4 nitrogen and oxygen atoms in total. The van der Waals surface area contributed by atoms with E-state index in [1.54, 1.807) is 30.3 Å². The molecule has 2 aromatic carbocycles. The Kier molecular flexibility index (Phi) is 4.76. The highest BCUT2D eigenvalue weighted by Gasteiger charge is 2.19. The second kappa shape index (κ2) is 6.99. The minimum Gasteiger partial charge on any atom is -0.298 e. The molecule has 5 heteroatoms. The van der Waals surface area contributed by atoms with E-state index in [2.05, 4.69) is 10.3 Å². The Balaban J connectivity index is 1.93. The van der Waals surface area contributed by atoms with Crippen molar-refractivity contribution >= 4 is 28.2 Å². The van der Waals surface area contributed by atoms with Gasteiger partial charge in [-0.15, -0.1) is 11.3 Å². The quantitative estimate of drug-likeness (QED) is 0.702. The van der Waals surface area contributed by atoms with E-state index < -0.39 is 0 Å². The number of carbonyl (C=O) groups is 2. The smallest absolute Gasteiger partial charge is 0.258 e. The van der Waals surface area contributed by atoms with E-state index in [-0.39, 0.29) is 11.7 Å². The van der Waals surface area contributed by atoms with Gasteiger partial charge >= 0.3 is 0 Å². The van der Waals surface area contributed by atoms with Crippen LogP contribution in [0.2, 0.25) is 0 Å². The Labute approximate surface area is 150 Å². The van der Waals surface area contributed by atoms with Crippen LogP contribution < -0.4 is 5.32 Å². The fourth-order valence-corrected chi connectivity index (χ4v) is 3.18. The van der Waals surface area contributed by atoms with Crippen LogP contribution in [0.1, 0.15) is 43.1 Å². The summed E-state index contributed by atoms with van der Waals surface area (Å²) in [7, 11) is 0. The van der Waals surface area contributed by atoms with E-state index >= 15 is 0 Å². The molecule has 0 saturated carbocycles. The molecule has 1 heterocycles. The average Bonchev–Trinajstić information content (AvgIpc) is 3.01. The van der Waals surface area contributed by atoms with Crippen molar-refractivity contribution in [1.82, 2.24) is 4.98 Å². The van der Waals surface area contributed by atoms with E-state index in [4.69, 9.17) is 0 Å². The number of aromatic nitrogens is 1. The molecule has 25 heavy (non-hydrogen) atoms. The first-order chi connectivity index (χ1) is 12.0. The fourth-order valence-electron chi connectivity index (χ4n) is 2.49. The van der Waals surface area contributed by atoms with Crippen molar-refractivity contribution in [3.8, 4) is 0 Å². The number of thiazole rings is 1. The van der Waals surface area contributed by atoms with Crippen LogP contribution in [0.5, 0.6) is 0 Å². The van der Waals surface area contributed by atoms with Gasteiger partial charge in [-0.25, -0.2) is 4.98 Å². The fraction of sp³-hybridized carbons (Fsp3) is 0.150. The van der Waals surface area contributed by atoms with Gasteiger partial charge < -0.3 is 0 Å². The van der Waals surface area contributed by atoms with Crippen molar-refractivity contribution < 1.29 is 9.59 Å². The zero-order chi connectivity index (χ0) is 18.0. The lowest BCUT2D eigenvalue weighted by atomic mass is 9.96. The molecule has 0 aliphatic heterocycles. The average molecular weight is 350 g/mol. The predicted octanol–water partition coefficient (Wildman–Crippen LogP) is 4.55. The number of hydrogen-bond acceptors (Lipinski definition) is 4. The van der Waals surface area contributed by atoms with Crippen LogP contribution in [-0.4, -0.2) is 16.7 Å². The third-order valence-electron chi connectivity index (χ3n) is 4.02. The minimum atomic E-state index is -0.331.